The Morgan fingerprint density at radius 3 is 2.57 bits per heavy atom. The minimum Gasteiger partial charge on any atom is -0.467 e. The van der Waals surface area contributed by atoms with E-state index in [0.29, 0.717) is 19.1 Å². The zero-order chi connectivity index (χ0) is 10.4. The summed E-state index contributed by atoms with van der Waals surface area (Å²) in [4.78, 5) is 11.3. The van der Waals surface area contributed by atoms with E-state index in [1.165, 1.54) is 7.11 Å². The largest absolute Gasteiger partial charge is 0.467 e. The number of ether oxygens (including phenoxy) is 3. The first-order valence-electron chi connectivity index (χ1n) is 4.98. The minimum absolute atomic E-state index is 0.245. The van der Waals surface area contributed by atoms with Gasteiger partial charge in [0, 0.05) is 20.3 Å². The third-order valence-corrected chi connectivity index (χ3v) is 2.27. The van der Waals surface area contributed by atoms with Crippen molar-refractivity contribution >= 4 is 5.97 Å². The minimum atomic E-state index is -0.350. The molecule has 0 saturated heterocycles. The highest BCUT2D eigenvalue weighted by Gasteiger charge is 2.37. The summed E-state index contributed by atoms with van der Waals surface area (Å²) < 4.78 is 15.0. The van der Waals surface area contributed by atoms with Crippen LogP contribution in [0, 0.1) is 5.92 Å². The second-order valence-corrected chi connectivity index (χ2v) is 3.50. The molecule has 1 rings (SSSR count). The van der Waals surface area contributed by atoms with Crippen LogP contribution in [0.1, 0.15) is 19.3 Å². The Bertz CT molecular complexity index is 177. The van der Waals surface area contributed by atoms with Crippen LogP contribution < -0.4 is 0 Å². The molecule has 0 N–H and O–H groups in total. The molecular weight excluding hydrogens is 184 g/mol. The van der Waals surface area contributed by atoms with E-state index >= 15 is 0 Å². The van der Waals surface area contributed by atoms with Gasteiger partial charge in [-0.1, -0.05) is 0 Å². The van der Waals surface area contributed by atoms with Gasteiger partial charge in [-0.2, -0.15) is 0 Å². The van der Waals surface area contributed by atoms with Gasteiger partial charge in [0.2, 0.25) is 0 Å². The summed E-state index contributed by atoms with van der Waals surface area (Å²) in [6.07, 6.45) is 2.61. The van der Waals surface area contributed by atoms with Gasteiger partial charge in [0.05, 0.1) is 7.11 Å². The molecule has 1 fully saturated rings. The quantitative estimate of drug-likeness (QED) is 0.456. The number of methoxy groups -OCH3 is 2. The fraction of sp³-hybridized carbons (Fsp3) is 0.900. The van der Waals surface area contributed by atoms with Crippen LogP contribution in [0.15, 0.2) is 0 Å². The Kier molecular flexibility index (Phi) is 4.90. The number of hydrogen-bond donors (Lipinski definition) is 0. The third kappa shape index (κ3) is 3.64. The van der Waals surface area contributed by atoms with Crippen molar-refractivity contribution in [2.24, 2.45) is 5.92 Å². The zero-order valence-electron chi connectivity index (χ0n) is 8.82. The smallest absolute Gasteiger partial charge is 0.335 e. The van der Waals surface area contributed by atoms with Gasteiger partial charge in [0.25, 0.3) is 0 Å². The average Bonchev–Trinajstić information content (AvgIpc) is 3.01. The summed E-state index contributed by atoms with van der Waals surface area (Å²) in [6.45, 7) is 1.22. The van der Waals surface area contributed by atoms with Crippen LogP contribution in [0.25, 0.3) is 0 Å². The molecule has 1 saturated carbocycles. The molecule has 0 spiro atoms. The molecule has 1 aliphatic rings. The molecule has 0 aromatic heterocycles. The predicted octanol–water partition coefficient (Wildman–Crippen LogP) is 0.991. The first kappa shape index (κ1) is 11.5. The average molecular weight is 202 g/mol. The summed E-state index contributed by atoms with van der Waals surface area (Å²) in [5.74, 6) is 0.134. The van der Waals surface area contributed by atoms with Crippen molar-refractivity contribution in [2.75, 3.05) is 27.4 Å². The Morgan fingerprint density at radius 2 is 2.07 bits per heavy atom. The Hall–Kier alpha value is -0.610. The lowest BCUT2D eigenvalue weighted by Gasteiger charge is -2.14. The van der Waals surface area contributed by atoms with Crippen LogP contribution in [0.2, 0.25) is 0 Å². The molecule has 4 heteroatoms. The maximum Gasteiger partial charge on any atom is 0.335 e. The third-order valence-electron chi connectivity index (χ3n) is 2.27. The predicted molar refractivity (Wildman–Crippen MR) is 51.0 cm³/mol. The molecule has 0 radical (unpaired) electrons. The highest BCUT2D eigenvalue weighted by Crippen LogP contribution is 2.34. The standard InChI is InChI=1S/C10H18O4/c1-12-6-3-7-14-9(8-4-5-8)10(11)13-2/h8-9H,3-7H2,1-2H3. The van der Waals surface area contributed by atoms with Gasteiger partial charge in [-0.15, -0.1) is 0 Å². The van der Waals surface area contributed by atoms with E-state index in [9.17, 15) is 4.79 Å². The van der Waals surface area contributed by atoms with Crippen molar-refractivity contribution in [2.45, 2.75) is 25.4 Å². The molecule has 14 heavy (non-hydrogen) atoms. The van der Waals surface area contributed by atoms with E-state index in [0.717, 1.165) is 19.3 Å². The molecule has 0 amide bonds. The fourth-order valence-electron chi connectivity index (χ4n) is 1.33. The topological polar surface area (TPSA) is 44.8 Å². The molecule has 0 aromatic carbocycles. The molecule has 0 heterocycles. The van der Waals surface area contributed by atoms with E-state index in [1.807, 2.05) is 0 Å². The molecule has 0 aliphatic heterocycles. The Labute approximate surface area is 84.5 Å². The van der Waals surface area contributed by atoms with Crippen molar-refractivity contribution < 1.29 is 19.0 Å². The van der Waals surface area contributed by atoms with Gasteiger partial charge >= 0.3 is 5.97 Å². The lowest BCUT2D eigenvalue weighted by Crippen LogP contribution is -2.28. The van der Waals surface area contributed by atoms with Crippen LogP contribution in [0.4, 0.5) is 0 Å². The van der Waals surface area contributed by atoms with Crippen molar-refractivity contribution in [3.05, 3.63) is 0 Å². The number of esters is 1. The van der Waals surface area contributed by atoms with Gasteiger partial charge in [0.15, 0.2) is 6.10 Å². The van der Waals surface area contributed by atoms with Gasteiger partial charge in [-0.3, -0.25) is 0 Å². The lowest BCUT2D eigenvalue weighted by atomic mass is 10.2. The molecular formula is C10H18O4. The van der Waals surface area contributed by atoms with Gasteiger partial charge in [0.1, 0.15) is 0 Å². The summed E-state index contributed by atoms with van der Waals surface area (Å²) in [5.41, 5.74) is 0. The highest BCUT2D eigenvalue weighted by atomic mass is 16.6. The molecule has 1 aliphatic carbocycles. The second-order valence-electron chi connectivity index (χ2n) is 3.50. The Balaban J connectivity index is 2.18. The van der Waals surface area contributed by atoms with Gasteiger partial charge in [-0.25, -0.2) is 4.79 Å². The molecule has 1 unspecified atom stereocenters. The number of carbonyl (C=O) groups excluding carboxylic acids is 1. The molecule has 82 valence electrons. The SMILES string of the molecule is COCCCOC(C(=O)OC)C1CC1. The summed E-state index contributed by atoms with van der Waals surface area (Å²) in [6, 6.07) is 0. The van der Waals surface area contributed by atoms with Crippen LogP contribution in [0.3, 0.4) is 0 Å². The summed E-state index contributed by atoms with van der Waals surface area (Å²) in [5, 5.41) is 0. The van der Waals surface area contributed by atoms with E-state index in [2.05, 4.69) is 4.74 Å². The monoisotopic (exact) mass is 202 g/mol. The van der Waals surface area contributed by atoms with Crippen LogP contribution in [-0.2, 0) is 19.0 Å². The first-order chi connectivity index (χ1) is 6.79. The number of rotatable bonds is 7. The maximum absolute atomic E-state index is 11.3. The second kappa shape index (κ2) is 5.98. The molecule has 0 aromatic rings. The first-order valence-corrected chi connectivity index (χ1v) is 4.98. The fourth-order valence-corrected chi connectivity index (χ4v) is 1.33. The molecule has 1 atom stereocenters. The maximum atomic E-state index is 11.3. The van der Waals surface area contributed by atoms with Crippen molar-refractivity contribution in [3.63, 3.8) is 0 Å². The van der Waals surface area contributed by atoms with E-state index < -0.39 is 0 Å². The zero-order valence-corrected chi connectivity index (χ0v) is 8.82. The lowest BCUT2D eigenvalue weighted by molar-refractivity contribution is -0.155. The molecule has 4 nitrogen and oxygen atoms in total. The molecule has 0 bridgehead atoms. The van der Waals surface area contributed by atoms with E-state index in [-0.39, 0.29) is 12.1 Å². The highest BCUT2D eigenvalue weighted by molar-refractivity contribution is 5.75. The van der Waals surface area contributed by atoms with Gasteiger partial charge < -0.3 is 14.2 Å². The van der Waals surface area contributed by atoms with Gasteiger partial charge in [-0.05, 0) is 25.2 Å². The van der Waals surface area contributed by atoms with Crippen LogP contribution >= 0.6 is 0 Å². The summed E-state index contributed by atoms with van der Waals surface area (Å²) in [7, 11) is 3.05. The Morgan fingerprint density at radius 1 is 1.36 bits per heavy atom. The van der Waals surface area contributed by atoms with Crippen LogP contribution in [-0.4, -0.2) is 39.5 Å². The van der Waals surface area contributed by atoms with Crippen molar-refractivity contribution in [1.82, 2.24) is 0 Å². The van der Waals surface area contributed by atoms with Crippen molar-refractivity contribution in [3.8, 4) is 0 Å². The van der Waals surface area contributed by atoms with Crippen molar-refractivity contribution in [1.29, 1.82) is 0 Å². The normalized spacial score (nSPS) is 17.9. The number of carbonyl (C=O) groups is 1. The van der Waals surface area contributed by atoms with Crippen LogP contribution in [0.5, 0.6) is 0 Å². The number of hydrogen-bond acceptors (Lipinski definition) is 4. The van der Waals surface area contributed by atoms with E-state index in [1.54, 1.807) is 7.11 Å². The van der Waals surface area contributed by atoms with E-state index in [4.69, 9.17) is 9.47 Å². The summed E-state index contributed by atoms with van der Waals surface area (Å²) >= 11 is 0.